The van der Waals surface area contributed by atoms with Crippen LogP contribution in [0.15, 0.2) is 22.5 Å². The van der Waals surface area contributed by atoms with Crippen molar-refractivity contribution in [2.75, 3.05) is 0 Å². The van der Waals surface area contributed by atoms with E-state index in [4.69, 9.17) is 0 Å². The highest BCUT2D eigenvalue weighted by Gasteiger charge is 2.28. The zero-order valence-corrected chi connectivity index (χ0v) is 7.04. The van der Waals surface area contributed by atoms with Gasteiger partial charge in [0.05, 0.1) is 6.42 Å². The van der Waals surface area contributed by atoms with Crippen molar-refractivity contribution < 1.29 is 9.31 Å². The molecule has 0 aromatic heterocycles. The number of nitrogens with zero attached hydrogens (tertiary/aromatic N) is 1. The molecule has 1 rings (SSSR count). The van der Waals surface area contributed by atoms with Crippen molar-refractivity contribution in [2.24, 2.45) is 0 Å². The van der Waals surface area contributed by atoms with E-state index in [9.17, 15) is 14.5 Å². The van der Waals surface area contributed by atoms with Crippen LogP contribution in [-0.2, 0) is 0 Å². The molecule has 0 bridgehead atoms. The third-order valence-corrected chi connectivity index (χ3v) is 1.97. The molecule has 60 valence electrons. The fourth-order valence-corrected chi connectivity index (χ4v) is 1.25. The molecule has 3 nitrogen and oxygen atoms in total. The predicted molar refractivity (Wildman–Crippen MR) is 41.6 cm³/mol. The average molecular weight is 222 g/mol. The third kappa shape index (κ3) is 1.86. The summed E-state index contributed by atoms with van der Waals surface area (Å²) in [6, 6.07) is -1.20. The Labute approximate surface area is 70.9 Å². The van der Waals surface area contributed by atoms with Gasteiger partial charge in [-0.05, 0) is 12.2 Å². The molecule has 0 aliphatic heterocycles. The lowest BCUT2D eigenvalue weighted by Gasteiger charge is -2.09. The highest BCUT2D eigenvalue weighted by Crippen LogP contribution is 2.25. The standard InChI is InChI=1S/C6H5BrFNO2/c7-4-1-2-5(8)6(3-4)9(10)11/h1-2,6H,3H2/t6-/m1/s1. The summed E-state index contributed by atoms with van der Waals surface area (Å²) in [4.78, 5) is 9.56. The molecule has 1 aliphatic carbocycles. The topological polar surface area (TPSA) is 43.1 Å². The van der Waals surface area contributed by atoms with E-state index in [1.165, 1.54) is 6.08 Å². The Balaban J connectivity index is 2.81. The van der Waals surface area contributed by atoms with Gasteiger partial charge in [0, 0.05) is 9.41 Å². The van der Waals surface area contributed by atoms with Crippen LogP contribution in [0.5, 0.6) is 0 Å². The molecule has 0 N–H and O–H groups in total. The molecule has 0 aromatic rings. The van der Waals surface area contributed by atoms with Crippen molar-refractivity contribution in [2.45, 2.75) is 12.5 Å². The van der Waals surface area contributed by atoms with Crippen LogP contribution in [0, 0.1) is 10.1 Å². The van der Waals surface area contributed by atoms with Gasteiger partial charge in [0.15, 0.2) is 5.83 Å². The Morgan fingerprint density at radius 2 is 2.36 bits per heavy atom. The summed E-state index contributed by atoms with van der Waals surface area (Å²) in [6.07, 6.45) is 2.70. The molecule has 0 amide bonds. The lowest BCUT2D eigenvalue weighted by molar-refractivity contribution is -0.514. The molecule has 0 radical (unpaired) electrons. The van der Waals surface area contributed by atoms with E-state index >= 15 is 0 Å². The maximum absolute atomic E-state index is 12.6. The minimum absolute atomic E-state index is 0.106. The predicted octanol–water partition coefficient (Wildman–Crippen LogP) is 2.17. The second-order valence-electron chi connectivity index (χ2n) is 2.17. The molecule has 0 unspecified atom stereocenters. The summed E-state index contributed by atoms with van der Waals surface area (Å²) in [5, 5.41) is 10.2. The Kier molecular flexibility index (Phi) is 2.38. The number of nitro groups is 1. The monoisotopic (exact) mass is 221 g/mol. The van der Waals surface area contributed by atoms with Crippen LogP contribution in [0.2, 0.25) is 0 Å². The van der Waals surface area contributed by atoms with E-state index in [1.807, 2.05) is 0 Å². The largest absolute Gasteiger partial charge is 0.268 e. The van der Waals surface area contributed by atoms with Crippen LogP contribution in [0.3, 0.4) is 0 Å². The first-order valence-corrected chi connectivity index (χ1v) is 3.76. The second-order valence-corrected chi connectivity index (χ2v) is 3.19. The SMILES string of the molecule is O=[N+]([O-])[C@@H]1CC(Br)=CC=C1F. The average Bonchev–Trinajstić information content (AvgIpc) is 1.94. The van der Waals surface area contributed by atoms with Crippen molar-refractivity contribution in [1.29, 1.82) is 0 Å². The number of hydrogen-bond acceptors (Lipinski definition) is 2. The zero-order chi connectivity index (χ0) is 8.43. The molecular weight excluding hydrogens is 217 g/mol. The van der Waals surface area contributed by atoms with Gasteiger partial charge in [0.1, 0.15) is 0 Å². The van der Waals surface area contributed by atoms with Gasteiger partial charge >= 0.3 is 0 Å². The first kappa shape index (κ1) is 8.39. The summed E-state index contributed by atoms with van der Waals surface area (Å²) in [5.74, 6) is -0.682. The van der Waals surface area contributed by atoms with Crippen LogP contribution >= 0.6 is 15.9 Å². The van der Waals surface area contributed by atoms with E-state index in [0.29, 0.717) is 4.48 Å². The lowest BCUT2D eigenvalue weighted by Crippen LogP contribution is -2.21. The summed E-state index contributed by atoms with van der Waals surface area (Å²) in [5.41, 5.74) is 0. The molecule has 0 spiro atoms. The van der Waals surface area contributed by atoms with Gasteiger partial charge in [-0.25, -0.2) is 4.39 Å². The number of allylic oxidation sites excluding steroid dienone is 2. The molecule has 0 saturated carbocycles. The smallest absolute Gasteiger partial charge is 0.264 e. The summed E-state index contributed by atoms with van der Waals surface area (Å²) in [6.45, 7) is 0. The van der Waals surface area contributed by atoms with Crippen LogP contribution in [0.25, 0.3) is 0 Å². The summed E-state index contributed by atoms with van der Waals surface area (Å²) < 4.78 is 13.3. The number of halogens is 2. The van der Waals surface area contributed by atoms with E-state index in [0.717, 1.165) is 6.08 Å². The van der Waals surface area contributed by atoms with Gasteiger partial charge in [-0.2, -0.15) is 0 Å². The van der Waals surface area contributed by atoms with Crippen molar-refractivity contribution >= 4 is 15.9 Å². The van der Waals surface area contributed by atoms with Gasteiger partial charge in [0.2, 0.25) is 0 Å². The maximum atomic E-state index is 12.6. The number of hydrogen-bond donors (Lipinski definition) is 0. The van der Waals surface area contributed by atoms with Crippen molar-refractivity contribution in [3.63, 3.8) is 0 Å². The molecule has 11 heavy (non-hydrogen) atoms. The van der Waals surface area contributed by atoms with Crippen LogP contribution in [0.1, 0.15) is 6.42 Å². The first-order chi connectivity index (χ1) is 5.11. The maximum Gasteiger partial charge on any atom is 0.268 e. The lowest BCUT2D eigenvalue weighted by atomic mass is 10.1. The van der Waals surface area contributed by atoms with Gasteiger partial charge in [-0.1, -0.05) is 15.9 Å². The Morgan fingerprint density at radius 1 is 1.73 bits per heavy atom. The first-order valence-electron chi connectivity index (χ1n) is 2.96. The Morgan fingerprint density at radius 3 is 2.82 bits per heavy atom. The molecule has 0 fully saturated rings. The quantitative estimate of drug-likeness (QED) is 0.504. The second kappa shape index (κ2) is 3.13. The molecule has 5 heteroatoms. The van der Waals surface area contributed by atoms with E-state index < -0.39 is 16.8 Å². The zero-order valence-electron chi connectivity index (χ0n) is 5.46. The van der Waals surface area contributed by atoms with Crippen molar-refractivity contribution in [1.82, 2.24) is 0 Å². The minimum atomic E-state index is -1.20. The van der Waals surface area contributed by atoms with E-state index in [2.05, 4.69) is 15.9 Å². The van der Waals surface area contributed by atoms with E-state index in [1.54, 1.807) is 0 Å². The fraction of sp³-hybridized carbons (Fsp3) is 0.333. The van der Waals surface area contributed by atoms with E-state index in [-0.39, 0.29) is 6.42 Å². The molecule has 1 atom stereocenters. The van der Waals surface area contributed by atoms with Crippen LogP contribution in [-0.4, -0.2) is 11.0 Å². The normalized spacial score (nSPS) is 24.0. The van der Waals surface area contributed by atoms with Crippen LogP contribution in [0.4, 0.5) is 4.39 Å². The highest BCUT2D eigenvalue weighted by molar-refractivity contribution is 9.11. The van der Waals surface area contributed by atoms with Gasteiger partial charge in [-0.3, -0.25) is 10.1 Å². The highest BCUT2D eigenvalue weighted by atomic mass is 79.9. The molecular formula is C6H5BrFNO2. The third-order valence-electron chi connectivity index (χ3n) is 1.38. The van der Waals surface area contributed by atoms with Gasteiger partial charge < -0.3 is 0 Å². The Bertz CT molecular complexity index is 249. The summed E-state index contributed by atoms with van der Waals surface area (Å²) >= 11 is 3.07. The van der Waals surface area contributed by atoms with Crippen molar-refractivity contribution in [3.8, 4) is 0 Å². The van der Waals surface area contributed by atoms with Crippen LogP contribution < -0.4 is 0 Å². The van der Waals surface area contributed by atoms with Gasteiger partial charge in [-0.15, -0.1) is 0 Å². The number of rotatable bonds is 1. The molecule has 1 aliphatic rings. The molecule has 0 heterocycles. The van der Waals surface area contributed by atoms with Gasteiger partial charge in [0.25, 0.3) is 6.04 Å². The fourth-order valence-electron chi connectivity index (χ4n) is 0.807. The molecule has 0 aromatic carbocycles. The summed E-state index contributed by atoms with van der Waals surface area (Å²) in [7, 11) is 0. The van der Waals surface area contributed by atoms with Crippen molar-refractivity contribution in [3.05, 3.63) is 32.6 Å². The molecule has 0 saturated heterocycles. The minimum Gasteiger partial charge on any atom is -0.264 e. The Hall–Kier alpha value is -0.710.